The van der Waals surface area contributed by atoms with Crippen molar-refractivity contribution >= 4 is 64.3 Å². The summed E-state index contributed by atoms with van der Waals surface area (Å²) in [6.07, 6.45) is 3.70. The van der Waals surface area contributed by atoms with Gasteiger partial charge < -0.3 is 19.9 Å². The molecule has 0 saturated carbocycles. The van der Waals surface area contributed by atoms with Gasteiger partial charge in [0.1, 0.15) is 5.75 Å². The van der Waals surface area contributed by atoms with E-state index in [9.17, 15) is 4.79 Å². The Kier molecular flexibility index (Phi) is 11.1. The second-order valence-corrected chi connectivity index (χ2v) is 12.1. The third-order valence-corrected chi connectivity index (χ3v) is 8.55. The number of halogens is 4. The summed E-state index contributed by atoms with van der Waals surface area (Å²) < 4.78 is 12.2. The highest BCUT2D eigenvalue weighted by Crippen LogP contribution is 2.45. The van der Waals surface area contributed by atoms with Crippen LogP contribution in [0.25, 0.3) is 6.08 Å². The van der Waals surface area contributed by atoms with Crippen LogP contribution in [-0.4, -0.2) is 35.7 Å². The minimum atomic E-state index is -1.44. The Bertz CT molecular complexity index is 1700. The highest BCUT2D eigenvalue weighted by Gasteiger charge is 2.53. The molecule has 1 heterocycles. The first kappa shape index (κ1) is 32.9. The van der Waals surface area contributed by atoms with E-state index in [1.165, 1.54) is 0 Å². The van der Waals surface area contributed by atoms with Crippen molar-refractivity contribution in [3.05, 3.63) is 139 Å². The van der Waals surface area contributed by atoms with Crippen molar-refractivity contribution in [3.8, 4) is 5.75 Å². The molecule has 1 aliphatic rings. The van der Waals surface area contributed by atoms with Crippen molar-refractivity contribution in [2.75, 3.05) is 13.2 Å². The molecule has 5 rings (SSSR count). The van der Waals surface area contributed by atoms with E-state index < -0.39 is 11.6 Å². The molecule has 1 amide bonds. The fourth-order valence-electron chi connectivity index (χ4n) is 4.93. The first-order valence-corrected chi connectivity index (χ1v) is 15.8. The van der Waals surface area contributed by atoms with E-state index in [1.54, 1.807) is 48.5 Å². The molecule has 45 heavy (non-hydrogen) atoms. The van der Waals surface area contributed by atoms with Gasteiger partial charge in [-0.15, -0.1) is 0 Å². The molecule has 0 fully saturated rings. The number of aliphatic hydroxyl groups excluding tert-OH is 1. The van der Waals surface area contributed by atoms with Crippen LogP contribution >= 0.6 is 46.4 Å². The van der Waals surface area contributed by atoms with Gasteiger partial charge in [0.05, 0.1) is 16.7 Å². The molecule has 1 aliphatic heterocycles. The molecule has 0 unspecified atom stereocenters. The minimum absolute atomic E-state index is 0.0469. The molecule has 10 heteroatoms. The van der Waals surface area contributed by atoms with Gasteiger partial charge in [-0.25, -0.2) is 4.99 Å². The Labute approximate surface area is 282 Å². The second kappa shape index (κ2) is 15.2. The number of nitrogens with one attached hydrogen (secondary N) is 1. The van der Waals surface area contributed by atoms with Crippen LogP contribution in [0, 0.1) is 0 Å². The van der Waals surface area contributed by atoms with Crippen LogP contribution < -0.4 is 10.1 Å². The number of nitrogens with zero attached hydrogens (tertiary/aromatic N) is 1. The van der Waals surface area contributed by atoms with Gasteiger partial charge in [0, 0.05) is 47.2 Å². The number of hydrogen-bond acceptors (Lipinski definition) is 5. The molecular formula is C35H30Cl4N2O4. The summed E-state index contributed by atoms with van der Waals surface area (Å²) in [6.45, 7) is 0.622. The average Bonchev–Trinajstić information content (AvgIpc) is 3.43. The maximum Gasteiger partial charge on any atom is 0.252 e. The number of amides is 1. The molecule has 4 aromatic carbocycles. The monoisotopic (exact) mass is 682 g/mol. The Balaban J connectivity index is 1.55. The zero-order valence-corrected chi connectivity index (χ0v) is 27.1. The van der Waals surface area contributed by atoms with Crippen LogP contribution in [-0.2, 0) is 16.1 Å². The molecule has 6 nitrogen and oxygen atoms in total. The predicted molar refractivity (Wildman–Crippen MR) is 182 cm³/mol. The maximum atomic E-state index is 14.4. The SMILES string of the molecule is O=C(NCc1ccc(Cl)c(Cl)c1)[C@]1(C/C=C/c2ccccc2)N=C(c2ccc(OCCCO)cc2)O[C@@H]1c1ccc(Cl)cc1Cl. The average molecular weight is 684 g/mol. The molecule has 0 bridgehead atoms. The Morgan fingerprint density at radius 3 is 2.42 bits per heavy atom. The van der Waals surface area contributed by atoms with Gasteiger partial charge in [0.25, 0.3) is 5.91 Å². The summed E-state index contributed by atoms with van der Waals surface area (Å²) in [6, 6.07) is 27.3. The van der Waals surface area contributed by atoms with Gasteiger partial charge in [-0.2, -0.15) is 0 Å². The van der Waals surface area contributed by atoms with Crippen LogP contribution in [0.1, 0.15) is 41.2 Å². The molecule has 0 spiro atoms. The first-order chi connectivity index (χ1) is 21.8. The van der Waals surface area contributed by atoms with Crippen LogP contribution in [0.5, 0.6) is 5.75 Å². The van der Waals surface area contributed by atoms with E-state index >= 15 is 0 Å². The third-order valence-electron chi connectivity index (χ3n) is 7.25. The molecule has 0 aliphatic carbocycles. The summed E-state index contributed by atoms with van der Waals surface area (Å²) in [5.41, 5.74) is 1.54. The largest absolute Gasteiger partial charge is 0.494 e. The van der Waals surface area contributed by atoms with E-state index in [2.05, 4.69) is 5.32 Å². The van der Waals surface area contributed by atoms with Crippen LogP contribution in [0.4, 0.5) is 0 Å². The molecule has 0 saturated heterocycles. The van der Waals surface area contributed by atoms with Gasteiger partial charge in [0.2, 0.25) is 5.90 Å². The number of carbonyl (C=O) groups is 1. The number of rotatable bonds is 12. The van der Waals surface area contributed by atoms with E-state index in [1.807, 2.05) is 54.6 Å². The van der Waals surface area contributed by atoms with Crippen LogP contribution in [0.3, 0.4) is 0 Å². The number of benzene rings is 4. The van der Waals surface area contributed by atoms with Crippen LogP contribution in [0.15, 0.2) is 102 Å². The lowest BCUT2D eigenvalue weighted by Crippen LogP contribution is -2.47. The summed E-state index contributed by atoms with van der Waals surface area (Å²) in [5.74, 6) is 0.562. The standard InChI is InChI=1S/C35H30Cl4N2O4/c36-26-12-15-28(30(38)21-26)32-35(17-4-8-23-6-2-1-3-7-23,34(43)40-22-24-9-16-29(37)31(39)20-24)41-33(45-32)25-10-13-27(14-11-25)44-19-5-18-42/h1-4,6-16,20-21,32,42H,5,17-19,22H2,(H,40,43)/b8-4+/t32-,35-/m1/s1. The predicted octanol–water partition coefficient (Wildman–Crippen LogP) is 8.74. The quantitative estimate of drug-likeness (QED) is 0.146. The van der Waals surface area contributed by atoms with E-state index in [0.29, 0.717) is 50.0 Å². The Hall–Kier alpha value is -3.52. The fourth-order valence-corrected chi connectivity index (χ4v) is 5.76. The van der Waals surface area contributed by atoms with Gasteiger partial charge in [0.15, 0.2) is 11.6 Å². The van der Waals surface area contributed by atoms with Crippen molar-refractivity contribution in [1.82, 2.24) is 5.32 Å². The number of aliphatic imine (C=N–C) groups is 1. The minimum Gasteiger partial charge on any atom is -0.494 e. The van der Waals surface area contributed by atoms with Crippen molar-refractivity contribution < 1.29 is 19.4 Å². The highest BCUT2D eigenvalue weighted by atomic mass is 35.5. The molecule has 0 radical (unpaired) electrons. The van der Waals surface area contributed by atoms with Crippen molar-refractivity contribution in [1.29, 1.82) is 0 Å². The Morgan fingerprint density at radius 2 is 1.71 bits per heavy atom. The summed E-state index contributed by atoms with van der Waals surface area (Å²) in [7, 11) is 0. The molecule has 232 valence electrons. The number of aliphatic hydroxyl groups is 1. The topological polar surface area (TPSA) is 80.2 Å². The zero-order valence-electron chi connectivity index (χ0n) is 24.1. The molecule has 0 aromatic heterocycles. The first-order valence-electron chi connectivity index (χ1n) is 14.3. The normalized spacial score (nSPS) is 17.6. The molecule has 2 atom stereocenters. The third kappa shape index (κ3) is 8.01. The van der Waals surface area contributed by atoms with E-state index in [4.69, 9.17) is 66.0 Å². The van der Waals surface area contributed by atoms with Crippen molar-refractivity contribution in [2.45, 2.75) is 31.0 Å². The Morgan fingerprint density at radius 1 is 0.933 bits per heavy atom. The van der Waals surface area contributed by atoms with Crippen LogP contribution in [0.2, 0.25) is 20.1 Å². The smallest absolute Gasteiger partial charge is 0.252 e. The fraction of sp³-hybridized carbons (Fsp3) is 0.200. The second-order valence-electron chi connectivity index (χ2n) is 10.4. The van der Waals surface area contributed by atoms with Crippen molar-refractivity contribution in [2.24, 2.45) is 4.99 Å². The van der Waals surface area contributed by atoms with Crippen molar-refractivity contribution in [3.63, 3.8) is 0 Å². The number of carbonyl (C=O) groups excluding carboxylic acids is 1. The van der Waals surface area contributed by atoms with Gasteiger partial charge in [-0.1, -0.05) is 101 Å². The van der Waals surface area contributed by atoms with Gasteiger partial charge >= 0.3 is 0 Å². The van der Waals surface area contributed by atoms with E-state index in [0.717, 1.165) is 11.1 Å². The lowest BCUT2D eigenvalue weighted by atomic mass is 9.84. The molecule has 2 N–H and O–H groups in total. The lowest BCUT2D eigenvalue weighted by molar-refractivity contribution is -0.129. The molecular weight excluding hydrogens is 654 g/mol. The highest BCUT2D eigenvalue weighted by molar-refractivity contribution is 6.42. The van der Waals surface area contributed by atoms with Gasteiger partial charge in [-0.05, 0) is 59.7 Å². The maximum absolute atomic E-state index is 14.4. The summed E-state index contributed by atoms with van der Waals surface area (Å²) >= 11 is 25.3. The molecule has 4 aromatic rings. The zero-order chi connectivity index (χ0) is 31.8. The summed E-state index contributed by atoms with van der Waals surface area (Å²) in [5, 5.41) is 13.7. The summed E-state index contributed by atoms with van der Waals surface area (Å²) in [4.78, 5) is 19.4. The lowest BCUT2D eigenvalue weighted by Gasteiger charge is -2.30. The van der Waals surface area contributed by atoms with E-state index in [-0.39, 0.29) is 31.4 Å². The number of ether oxygens (including phenoxy) is 2. The number of hydrogen-bond donors (Lipinski definition) is 2. The van der Waals surface area contributed by atoms with Gasteiger partial charge in [-0.3, -0.25) is 4.79 Å².